The van der Waals surface area contributed by atoms with Gasteiger partial charge in [-0.25, -0.2) is 0 Å². The Hall–Kier alpha value is -2.94. The van der Waals surface area contributed by atoms with E-state index in [1.54, 1.807) is 12.1 Å². The minimum Gasteiger partial charge on any atom is -0.468 e. The molecule has 1 aromatic heterocycles. The molecule has 6 heteroatoms. The lowest BCUT2D eigenvalue weighted by atomic mass is 9.72. The number of nitrogens with zero attached hydrogens (tertiary/aromatic N) is 4. The van der Waals surface area contributed by atoms with Crippen LogP contribution in [0.3, 0.4) is 0 Å². The van der Waals surface area contributed by atoms with E-state index in [9.17, 15) is 4.79 Å². The summed E-state index contributed by atoms with van der Waals surface area (Å²) in [4.78, 5) is 14.6. The molecular weight excluding hydrogens is 304 g/mol. The molecule has 0 N–H and O–H groups in total. The maximum absolute atomic E-state index is 12.5. The summed E-state index contributed by atoms with van der Waals surface area (Å²) in [6.07, 6.45) is 1.29. The number of aromatic nitrogens is 2. The molecule has 1 aromatic carbocycles. The second kappa shape index (κ2) is 6.67. The Morgan fingerprint density at radius 3 is 2.42 bits per heavy atom. The number of ether oxygens (including phenoxy) is 1. The van der Waals surface area contributed by atoms with Gasteiger partial charge in [-0.3, -0.25) is 4.79 Å². The summed E-state index contributed by atoms with van der Waals surface area (Å²) < 4.78 is 5.10. The van der Waals surface area contributed by atoms with Crippen molar-refractivity contribution in [1.82, 2.24) is 10.2 Å². The van der Waals surface area contributed by atoms with Crippen LogP contribution in [0.4, 0.5) is 5.82 Å². The third-order valence-corrected chi connectivity index (χ3v) is 4.61. The lowest BCUT2D eigenvalue weighted by Crippen LogP contribution is -2.48. The summed E-state index contributed by atoms with van der Waals surface area (Å²) in [5, 5.41) is 16.8. The molecule has 0 radical (unpaired) electrons. The smallest absolute Gasteiger partial charge is 0.316 e. The molecule has 0 saturated carbocycles. The summed E-state index contributed by atoms with van der Waals surface area (Å²) in [6, 6.07) is 15.2. The highest BCUT2D eigenvalue weighted by Crippen LogP contribution is 2.37. The number of hydrogen-bond donors (Lipinski definition) is 0. The van der Waals surface area contributed by atoms with Gasteiger partial charge >= 0.3 is 5.97 Å². The van der Waals surface area contributed by atoms with Crippen molar-refractivity contribution in [1.29, 1.82) is 5.26 Å². The van der Waals surface area contributed by atoms with Crippen LogP contribution in [0.15, 0.2) is 42.5 Å². The van der Waals surface area contributed by atoms with Gasteiger partial charge in [0, 0.05) is 13.1 Å². The van der Waals surface area contributed by atoms with Gasteiger partial charge in [0.2, 0.25) is 0 Å². The molecule has 0 atom stereocenters. The van der Waals surface area contributed by atoms with E-state index in [0.717, 1.165) is 11.4 Å². The summed E-state index contributed by atoms with van der Waals surface area (Å²) in [5.41, 5.74) is 0.665. The van der Waals surface area contributed by atoms with Gasteiger partial charge in [-0.1, -0.05) is 30.3 Å². The number of piperidine rings is 1. The maximum atomic E-state index is 12.5. The Balaban J connectivity index is 1.82. The second-order valence-electron chi connectivity index (χ2n) is 5.82. The number of methoxy groups -OCH3 is 1. The van der Waals surface area contributed by atoms with Gasteiger partial charge in [-0.05, 0) is 30.5 Å². The normalized spacial score (nSPS) is 16.2. The molecule has 122 valence electrons. The Bertz CT molecular complexity index is 745. The van der Waals surface area contributed by atoms with Gasteiger partial charge in [0.25, 0.3) is 0 Å². The zero-order valence-corrected chi connectivity index (χ0v) is 13.5. The van der Waals surface area contributed by atoms with Crippen molar-refractivity contribution in [2.24, 2.45) is 0 Å². The third-order valence-electron chi connectivity index (χ3n) is 4.61. The van der Waals surface area contributed by atoms with Crippen molar-refractivity contribution in [3.05, 3.63) is 53.7 Å². The van der Waals surface area contributed by atoms with E-state index in [-0.39, 0.29) is 5.97 Å². The van der Waals surface area contributed by atoms with Crippen LogP contribution in [-0.4, -0.2) is 36.4 Å². The van der Waals surface area contributed by atoms with Crippen LogP contribution in [0.1, 0.15) is 24.1 Å². The Morgan fingerprint density at radius 1 is 1.17 bits per heavy atom. The first-order valence-electron chi connectivity index (χ1n) is 7.82. The van der Waals surface area contributed by atoms with Crippen LogP contribution >= 0.6 is 0 Å². The molecule has 6 nitrogen and oxygen atoms in total. The van der Waals surface area contributed by atoms with E-state index < -0.39 is 5.41 Å². The molecule has 1 fully saturated rings. The molecule has 1 aliphatic heterocycles. The average molecular weight is 322 g/mol. The molecule has 24 heavy (non-hydrogen) atoms. The fourth-order valence-corrected chi connectivity index (χ4v) is 3.23. The molecule has 0 aliphatic carbocycles. The summed E-state index contributed by atoms with van der Waals surface area (Å²) in [7, 11) is 1.44. The van der Waals surface area contributed by atoms with E-state index in [4.69, 9.17) is 10.00 Å². The highest BCUT2D eigenvalue weighted by atomic mass is 16.5. The molecule has 2 heterocycles. The number of anilines is 1. The number of rotatable bonds is 3. The van der Waals surface area contributed by atoms with E-state index in [1.807, 2.05) is 36.4 Å². The molecular formula is C18H18N4O2. The Morgan fingerprint density at radius 2 is 1.88 bits per heavy atom. The van der Waals surface area contributed by atoms with Crippen molar-refractivity contribution in [2.45, 2.75) is 18.3 Å². The molecule has 1 saturated heterocycles. The second-order valence-corrected chi connectivity index (χ2v) is 5.82. The van der Waals surface area contributed by atoms with Crippen molar-refractivity contribution in [3.8, 4) is 6.07 Å². The van der Waals surface area contributed by atoms with Crippen molar-refractivity contribution in [2.75, 3.05) is 25.1 Å². The van der Waals surface area contributed by atoms with Crippen molar-refractivity contribution >= 4 is 11.8 Å². The van der Waals surface area contributed by atoms with E-state index in [0.29, 0.717) is 31.6 Å². The maximum Gasteiger partial charge on any atom is 0.316 e. The number of carbonyl (C=O) groups is 1. The molecule has 0 unspecified atom stereocenters. The largest absolute Gasteiger partial charge is 0.468 e. The predicted octanol–water partition coefficient (Wildman–Crippen LogP) is 2.06. The fraction of sp³-hybridized carbons (Fsp3) is 0.333. The molecule has 3 rings (SSSR count). The zero-order valence-electron chi connectivity index (χ0n) is 13.5. The quantitative estimate of drug-likeness (QED) is 0.805. The topological polar surface area (TPSA) is 79.1 Å². The lowest BCUT2D eigenvalue weighted by molar-refractivity contribution is -0.148. The van der Waals surface area contributed by atoms with Crippen LogP contribution in [0, 0.1) is 11.3 Å². The van der Waals surface area contributed by atoms with Crippen molar-refractivity contribution in [3.63, 3.8) is 0 Å². The van der Waals surface area contributed by atoms with E-state index in [2.05, 4.69) is 15.1 Å². The molecule has 0 amide bonds. The summed E-state index contributed by atoms with van der Waals surface area (Å²) in [5.74, 6) is 0.528. The fourth-order valence-electron chi connectivity index (χ4n) is 3.23. The summed E-state index contributed by atoms with van der Waals surface area (Å²) in [6.45, 7) is 1.34. The minimum atomic E-state index is -0.619. The Labute approximate surface area is 140 Å². The van der Waals surface area contributed by atoms with Crippen LogP contribution in [0.2, 0.25) is 0 Å². The molecule has 0 spiro atoms. The highest BCUT2D eigenvalue weighted by molar-refractivity contribution is 5.83. The first kappa shape index (κ1) is 15.9. The van der Waals surface area contributed by atoms with E-state index in [1.165, 1.54) is 7.11 Å². The first-order valence-corrected chi connectivity index (χ1v) is 7.82. The number of carbonyl (C=O) groups excluding carboxylic acids is 1. The molecule has 2 aromatic rings. The number of nitriles is 1. The predicted molar refractivity (Wildman–Crippen MR) is 88.3 cm³/mol. The molecule has 0 bridgehead atoms. The standard InChI is InChI=1S/C18H18N4O2/c1-24-17(23)18(14-5-3-2-4-6-14)9-11-22(12-10-18)16-8-7-15(13-19)20-21-16/h2-8H,9-12H2,1H3. The average Bonchev–Trinajstić information content (AvgIpc) is 2.68. The Kier molecular flexibility index (Phi) is 4.43. The van der Waals surface area contributed by atoms with Gasteiger partial charge in [0.15, 0.2) is 11.5 Å². The summed E-state index contributed by atoms with van der Waals surface area (Å²) >= 11 is 0. The highest BCUT2D eigenvalue weighted by Gasteiger charge is 2.44. The van der Waals surface area contributed by atoms with Crippen molar-refractivity contribution < 1.29 is 9.53 Å². The van der Waals surface area contributed by atoms with Crippen LogP contribution in [0.25, 0.3) is 0 Å². The van der Waals surface area contributed by atoms with Crippen LogP contribution in [-0.2, 0) is 14.9 Å². The molecule has 1 aliphatic rings. The van der Waals surface area contributed by atoms with E-state index >= 15 is 0 Å². The number of hydrogen-bond acceptors (Lipinski definition) is 6. The van der Waals surface area contributed by atoms with Gasteiger partial charge in [-0.15, -0.1) is 10.2 Å². The number of benzene rings is 1. The minimum absolute atomic E-state index is 0.195. The van der Waals surface area contributed by atoms with Gasteiger partial charge in [0.05, 0.1) is 12.5 Å². The SMILES string of the molecule is COC(=O)C1(c2ccccc2)CCN(c2ccc(C#N)nn2)CC1. The lowest BCUT2D eigenvalue weighted by Gasteiger charge is -2.40. The zero-order chi connectivity index (χ0) is 17.0. The van der Waals surface area contributed by atoms with Gasteiger partial charge < -0.3 is 9.64 Å². The third kappa shape index (κ3) is 2.81. The first-order chi connectivity index (χ1) is 11.7. The van der Waals surface area contributed by atoms with Crippen LogP contribution in [0.5, 0.6) is 0 Å². The monoisotopic (exact) mass is 322 g/mol. The number of esters is 1. The van der Waals surface area contributed by atoms with Crippen LogP contribution < -0.4 is 4.90 Å². The van der Waals surface area contributed by atoms with Gasteiger partial charge in [-0.2, -0.15) is 5.26 Å². The van der Waals surface area contributed by atoms with Gasteiger partial charge in [0.1, 0.15) is 6.07 Å².